The Bertz CT molecular complexity index is 708. The molecule has 0 fully saturated rings. The monoisotopic (exact) mass is 364 g/mol. The normalized spacial score (nSPS) is 13.3. The molecular weight excluding hydrogens is 351 g/mol. The zero-order valence-electron chi connectivity index (χ0n) is 11.1. The van der Waals surface area contributed by atoms with E-state index in [4.69, 9.17) is 28.9 Å². The van der Waals surface area contributed by atoms with Gasteiger partial charge in [0.2, 0.25) is 10.0 Å². The smallest absolute Gasteiger partial charge is 0.243 e. The largest absolute Gasteiger partial charge is 0.399 e. The third kappa shape index (κ3) is 4.11. The Balaban J connectivity index is 2.22. The highest BCUT2D eigenvalue weighted by molar-refractivity contribution is 7.89. The lowest BCUT2D eigenvalue weighted by Crippen LogP contribution is -2.34. The number of sulfonamides is 1. The Labute approximate surface area is 137 Å². The quantitative estimate of drug-likeness (QED) is 0.796. The van der Waals surface area contributed by atoms with Crippen molar-refractivity contribution in [3.63, 3.8) is 0 Å². The Kier molecular flexibility index (Phi) is 5.16. The van der Waals surface area contributed by atoms with Gasteiger partial charge >= 0.3 is 0 Å². The summed E-state index contributed by atoms with van der Waals surface area (Å²) < 4.78 is 27.4. The summed E-state index contributed by atoms with van der Waals surface area (Å²) in [6.07, 6.45) is 0.598. The number of hydrogen-bond acceptors (Lipinski definition) is 4. The van der Waals surface area contributed by atoms with E-state index in [9.17, 15) is 8.42 Å². The number of nitrogens with one attached hydrogen (secondary N) is 1. The lowest BCUT2D eigenvalue weighted by Gasteiger charge is -2.15. The minimum Gasteiger partial charge on any atom is -0.399 e. The highest BCUT2D eigenvalue weighted by Crippen LogP contribution is 2.31. The molecule has 8 heteroatoms. The fourth-order valence-electron chi connectivity index (χ4n) is 1.93. The van der Waals surface area contributed by atoms with Gasteiger partial charge in [0.05, 0.1) is 10.0 Å². The molecular formula is C13H14Cl2N2O2S2. The molecule has 1 aromatic heterocycles. The molecule has 0 radical (unpaired) electrons. The van der Waals surface area contributed by atoms with Crippen LogP contribution in [0.25, 0.3) is 0 Å². The van der Waals surface area contributed by atoms with Crippen LogP contribution in [0.4, 0.5) is 5.69 Å². The summed E-state index contributed by atoms with van der Waals surface area (Å²) in [5.41, 5.74) is 5.90. The predicted octanol–water partition coefficient (Wildman–Crippen LogP) is 3.55. The molecule has 3 N–H and O–H groups in total. The maximum Gasteiger partial charge on any atom is 0.243 e. The van der Waals surface area contributed by atoms with Crippen LogP contribution in [0, 0.1) is 0 Å². The van der Waals surface area contributed by atoms with Gasteiger partial charge in [0.1, 0.15) is 4.90 Å². The Morgan fingerprint density at radius 3 is 2.48 bits per heavy atom. The summed E-state index contributed by atoms with van der Waals surface area (Å²) in [4.78, 5) is 0.956. The number of nitrogen functional groups attached to an aromatic ring is 1. The van der Waals surface area contributed by atoms with Crippen LogP contribution in [0.5, 0.6) is 0 Å². The third-order valence-electron chi connectivity index (χ3n) is 2.73. The van der Waals surface area contributed by atoms with Crippen molar-refractivity contribution in [1.29, 1.82) is 0 Å². The second-order valence-corrected chi connectivity index (χ2v) is 8.12. The summed E-state index contributed by atoms with van der Waals surface area (Å²) in [6.45, 7) is 1.79. The maximum atomic E-state index is 12.4. The highest BCUT2D eigenvalue weighted by Gasteiger charge is 2.24. The first-order valence-electron chi connectivity index (χ1n) is 6.09. The summed E-state index contributed by atoms with van der Waals surface area (Å²) in [7, 11) is -3.81. The molecule has 0 saturated carbocycles. The van der Waals surface area contributed by atoms with Crippen LogP contribution >= 0.6 is 34.5 Å². The second kappa shape index (κ2) is 6.54. The van der Waals surface area contributed by atoms with Crippen molar-refractivity contribution < 1.29 is 8.42 Å². The average Bonchev–Trinajstić information content (AvgIpc) is 2.78. The van der Waals surface area contributed by atoms with Gasteiger partial charge in [-0.3, -0.25) is 0 Å². The van der Waals surface area contributed by atoms with Gasteiger partial charge in [-0.15, -0.1) is 11.3 Å². The van der Waals surface area contributed by atoms with Gasteiger partial charge in [-0.1, -0.05) is 29.3 Å². The van der Waals surface area contributed by atoms with E-state index in [1.54, 1.807) is 18.3 Å². The molecule has 0 saturated heterocycles. The molecule has 0 spiro atoms. The number of anilines is 1. The minimum atomic E-state index is -3.81. The first-order chi connectivity index (χ1) is 9.79. The van der Waals surface area contributed by atoms with Gasteiger partial charge in [-0.25, -0.2) is 13.1 Å². The molecule has 21 heavy (non-hydrogen) atoms. The van der Waals surface area contributed by atoms with Crippen molar-refractivity contribution in [2.75, 3.05) is 5.73 Å². The van der Waals surface area contributed by atoms with Crippen molar-refractivity contribution in [3.8, 4) is 0 Å². The minimum absolute atomic E-state index is 0.0100. The van der Waals surface area contributed by atoms with Gasteiger partial charge < -0.3 is 5.73 Å². The molecule has 1 atom stereocenters. The lowest BCUT2D eigenvalue weighted by molar-refractivity contribution is 0.561. The Morgan fingerprint density at radius 1 is 1.33 bits per heavy atom. The van der Waals surface area contributed by atoms with Crippen LogP contribution in [0.2, 0.25) is 10.0 Å². The van der Waals surface area contributed by atoms with Crippen molar-refractivity contribution >= 4 is 50.2 Å². The van der Waals surface area contributed by atoms with E-state index in [1.165, 1.54) is 12.1 Å². The van der Waals surface area contributed by atoms with E-state index >= 15 is 0 Å². The topological polar surface area (TPSA) is 72.2 Å². The number of thiophene rings is 1. The molecule has 1 aromatic carbocycles. The van der Waals surface area contributed by atoms with Gasteiger partial charge in [0.25, 0.3) is 0 Å². The van der Waals surface area contributed by atoms with Crippen LogP contribution in [0.1, 0.15) is 11.8 Å². The van der Waals surface area contributed by atoms with Crippen molar-refractivity contribution in [2.24, 2.45) is 0 Å². The zero-order chi connectivity index (χ0) is 15.6. The fourth-order valence-corrected chi connectivity index (χ4v) is 5.24. The zero-order valence-corrected chi connectivity index (χ0v) is 14.3. The van der Waals surface area contributed by atoms with Gasteiger partial charge in [-0.05, 0) is 36.9 Å². The number of halogens is 2. The van der Waals surface area contributed by atoms with E-state index in [-0.39, 0.29) is 21.0 Å². The van der Waals surface area contributed by atoms with Crippen LogP contribution in [0.3, 0.4) is 0 Å². The Hall–Kier alpha value is -0.790. The van der Waals surface area contributed by atoms with E-state index in [0.717, 1.165) is 4.88 Å². The molecule has 0 aliphatic rings. The van der Waals surface area contributed by atoms with E-state index < -0.39 is 10.0 Å². The molecule has 0 amide bonds. The number of nitrogens with two attached hydrogens (primary N) is 1. The molecule has 114 valence electrons. The van der Waals surface area contributed by atoms with Crippen molar-refractivity contribution in [1.82, 2.24) is 4.72 Å². The maximum absolute atomic E-state index is 12.4. The van der Waals surface area contributed by atoms with Gasteiger partial charge in [0.15, 0.2) is 0 Å². The van der Waals surface area contributed by atoms with Crippen LogP contribution in [-0.2, 0) is 16.4 Å². The summed E-state index contributed by atoms with van der Waals surface area (Å²) in [6, 6.07) is 6.34. The SMILES string of the molecule is CC(Cc1cccs1)NS(=O)(=O)c1c(Cl)cc(N)cc1Cl. The molecule has 0 aliphatic heterocycles. The van der Waals surface area contributed by atoms with Crippen molar-refractivity contribution in [2.45, 2.75) is 24.3 Å². The van der Waals surface area contributed by atoms with Gasteiger partial charge in [0, 0.05) is 16.6 Å². The first-order valence-corrected chi connectivity index (χ1v) is 9.20. The highest BCUT2D eigenvalue weighted by atomic mass is 35.5. The van der Waals surface area contributed by atoms with Gasteiger partial charge in [-0.2, -0.15) is 0 Å². The number of hydrogen-bond donors (Lipinski definition) is 2. The molecule has 2 aromatic rings. The molecule has 1 heterocycles. The molecule has 4 nitrogen and oxygen atoms in total. The Morgan fingerprint density at radius 2 is 1.95 bits per heavy atom. The molecule has 1 unspecified atom stereocenters. The van der Waals surface area contributed by atoms with E-state index in [1.807, 2.05) is 17.5 Å². The fraction of sp³-hybridized carbons (Fsp3) is 0.231. The first kappa shape index (κ1) is 16.6. The summed E-state index contributed by atoms with van der Waals surface area (Å²) >= 11 is 13.5. The standard InChI is InChI=1S/C13H14Cl2N2O2S2/c1-8(5-10-3-2-4-20-10)17-21(18,19)13-11(14)6-9(16)7-12(13)15/h2-4,6-8,17H,5,16H2,1H3. The lowest BCUT2D eigenvalue weighted by atomic mass is 10.2. The molecule has 2 rings (SSSR count). The van der Waals surface area contributed by atoms with E-state index in [0.29, 0.717) is 12.1 Å². The summed E-state index contributed by atoms with van der Waals surface area (Å²) in [5, 5.41) is 1.97. The van der Waals surface area contributed by atoms with Crippen molar-refractivity contribution in [3.05, 3.63) is 44.6 Å². The predicted molar refractivity (Wildman–Crippen MR) is 88.7 cm³/mol. The summed E-state index contributed by atoms with van der Waals surface area (Å²) in [5.74, 6) is 0. The average molecular weight is 365 g/mol. The van der Waals surface area contributed by atoms with Crippen LogP contribution in [0.15, 0.2) is 34.5 Å². The van der Waals surface area contributed by atoms with Crippen LogP contribution < -0.4 is 10.5 Å². The second-order valence-electron chi connectivity index (χ2n) is 4.62. The van der Waals surface area contributed by atoms with Crippen LogP contribution in [-0.4, -0.2) is 14.5 Å². The molecule has 0 aliphatic carbocycles. The third-order valence-corrected chi connectivity index (χ3v) is 6.14. The van der Waals surface area contributed by atoms with E-state index in [2.05, 4.69) is 4.72 Å². The number of benzene rings is 1. The number of rotatable bonds is 5. The molecule has 0 bridgehead atoms.